The van der Waals surface area contributed by atoms with E-state index < -0.39 is 23.4 Å². The van der Waals surface area contributed by atoms with Crippen LogP contribution in [-0.2, 0) is 4.79 Å². The van der Waals surface area contributed by atoms with Crippen molar-refractivity contribution in [3.63, 3.8) is 0 Å². The van der Waals surface area contributed by atoms with Crippen LogP contribution < -0.4 is 11.1 Å². The first-order valence-corrected chi connectivity index (χ1v) is 4.57. The van der Waals surface area contributed by atoms with E-state index in [-0.39, 0.29) is 5.69 Å². The number of halogens is 4. The minimum Gasteiger partial charge on any atom is -0.367 e. The van der Waals surface area contributed by atoms with E-state index in [9.17, 15) is 22.4 Å². The van der Waals surface area contributed by atoms with Crippen molar-refractivity contribution in [3.8, 4) is 0 Å². The Balaban J connectivity index is 3.08. The van der Waals surface area contributed by atoms with Gasteiger partial charge in [0, 0.05) is 5.69 Å². The number of rotatable bonds is 3. The van der Waals surface area contributed by atoms with Crippen molar-refractivity contribution < 1.29 is 22.4 Å². The van der Waals surface area contributed by atoms with Crippen LogP contribution in [0.15, 0.2) is 24.3 Å². The van der Waals surface area contributed by atoms with Crippen molar-refractivity contribution in [1.29, 1.82) is 0 Å². The normalized spacial score (nSPS) is 15.1. The van der Waals surface area contributed by atoms with E-state index in [0.717, 1.165) is 12.1 Å². The van der Waals surface area contributed by atoms with Gasteiger partial charge in [0.2, 0.25) is 5.54 Å². The first kappa shape index (κ1) is 13.3. The topological polar surface area (TPSA) is 55.1 Å². The standard InChI is InChI=1S/C10H10F4N2O/c1-9(8(15)17,10(12,13)14)16-7-4-2-3-6(11)5-7/h2-5,16H,1H3,(H2,15,17). The molecule has 17 heavy (non-hydrogen) atoms. The number of benzene rings is 1. The molecule has 1 unspecified atom stereocenters. The number of carbonyl (C=O) groups excluding carboxylic acids is 1. The Morgan fingerprint density at radius 1 is 1.35 bits per heavy atom. The Morgan fingerprint density at radius 3 is 2.35 bits per heavy atom. The minimum absolute atomic E-state index is 0.177. The van der Waals surface area contributed by atoms with Crippen molar-refractivity contribution in [2.75, 3.05) is 5.32 Å². The summed E-state index contributed by atoms with van der Waals surface area (Å²) in [4.78, 5) is 10.9. The van der Waals surface area contributed by atoms with Gasteiger partial charge in [-0.2, -0.15) is 13.2 Å². The molecule has 0 spiro atoms. The van der Waals surface area contributed by atoms with Crippen LogP contribution >= 0.6 is 0 Å². The molecule has 0 fully saturated rings. The lowest BCUT2D eigenvalue weighted by atomic mass is 10.0. The van der Waals surface area contributed by atoms with Crippen LogP contribution in [0.1, 0.15) is 6.92 Å². The lowest BCUT2D eigenvalue weighted by Crippen LogP contribution is -2.58. The van der Waals surface area contributed by atoms with Gasteiger partial charge < -0.3 is 11.1 Å². The van der Waals surface area contributed by atoms with E-state index in [4.69, 9.17) is 5.73 Å². The second-order valence-electron chi connectivity index (χ2n) is 3.62. The number of hydrogen-bond donors (Lipinski definition) is 2. The van der Waals surface area contributed by atoms with Gasteiger partial charge in [-0.25, -0.2) is 4.39 Å². The van der Waals surface area contributed by atoms with E-state index in [0.29, 0.717) is 6.92 Å². The fourth-order valence-corrected chi connectivity index (χ4v) is 1.13. The molecule has 0 aliphatic rings. The smallest absolute Gasteiger partial charge is 0.367 e. The summed E-state index contributed by atoms with van der Waals surface area (Å²) in [5, 5.41) is 1.90. The molecule has 0 heterocycles. The Kier molecular flexibility index (Phi) is 3.30. The predicted octanol–water partition coefficient (Wildman–Crippen LogP) is 2.04. The molecule has 0 saturated carbocycles. The summed E-state index contributed by atoms with van der Waals surface area (Å²) in [6, 6.07) is 4.33. The van der Waals surface area contributed by atoms with Crippen molar-refractivity contribution in [2.45, 2.75) is 18.6 Å². The number of amides is 1. The van der Waals surface area contributed by atoms with Crippen LogP contribution in [0.2, 0.25) is 0 Å². The molecule has 0 saturated heterocycles. The van der Waals surface area contributed by atoms with Crippen molar-refractivity contribution in [3.05, 3.63) is 30.1 Å². The van der Waals surface area contributed by atoms with Crippen LogP contribution in [0.5, 0.6) is 0 Å². The van der Waals surface area contributed by atoms with Gasteiger partial charge in [0.1, 0.15) is 5.82 Å². The zero-order chi connectivity index (χ0) is 13.3. The van der Waals surface area contributed by atoms with Crippen LogP contribution in [0.25, 0.3) is 0 Å². The summed E-state index contributed by atoms with van der Waals surface area (Å²) in [7, 11) is 0. The zero-order valence-electron chi connectivity index (χ0n) is 8.81. The van der Waals surface area contributed by atoms with Gasteiger partial charge in [-0.1, -0.05) is 6.07 Å². The molecule has 3 N–H and O–H groups in total. The number of primary amides is 1. The molecule has 1 aromatic rings. The lowest BCUT2D eigenvalue weighted by molar-refractivity contribution is -0.180. The molecular weight excluding hydrogens is 240 g/mol. The molecule has 0 aliphatic carbocycles. The highest BCUT2D eigenvalue weighted by Gasteiger charge is 2.56. The van der Waals surface area contributed by atoms with E-state index in [1.54, 1.807) is 0 Å². The zero-order valence-corrected chi connectivity index (χ0v) is 8.81. The molecule has 3 nitrogen and oxygen atoms in total. The third-order valence-corrected chi connectivity index (χ3v) is 2.28. The number of nitrogens with one attached hydrogen (secondary N) is 1. The Bertz CT molecular complexity index is 433. The third kappa shape index (κ3) is 2.66. The van der Waals surface area contributed by atoms with Gasteiger partial charge in [-0.3, -0.25) is 4.79 Å². The summed E-state index contributed by atoms with van der Waals surface area (Å²) in [6.07, 6.45) is -4.88. The van der Waals surface area contributed by atoms with E-state index in [1.807, 2.05) is 5.32 Å². The predicted molar refractivity (Wildman–Crippen MR) is 53.7 cm³/mol. The summed E-state index contributed by atoms with van der Waals surface area (Å²) >= 11 is 0. The number of hydrogen-bond acceptors (Lipinski definition) is 2. The average molecular weight is 250 g/mol. The molecule has 1 rings (SSSR count). The van der Waals surface area contributed by atoms with E-state index in [2.05, 4.69) is 0 Å². The van der Waals surface area contributed by atoms with E-state index in [1.165, 1.54) is 12.1 Å². The highest BCUT2D eigenvalue weighted by molar-refractivity contribution is 5.88. The first-order valence-electron chi connectivity index (χ1n) is 4.57. The molecular formula is C10H10F4N2O. The number of carbonyl (C=O) groups is 1. The highest BCUT2D eigenvalue weighted by Crippen LogP contribution is 2.33. The Hall–Kier alpha value is -1.79. The van der Waals surface area contributed by atoms with Crippen molar-refractivity contribution in [2.24, 2.45) is 5.73 Å². The van der Waals surface area contributed by atoms with Gasteiger partial charge in [0.15, 0.2) is 0 Å². The fraction of sp³-hybridized carbons (Fsp3) is 0.300. The molecule has 0 bridgehead atoms. The minimum atomic E-state index is -4.88. The lowest BCUT2D eigenvalue weighted by Gasteiger charge is -2.30. The summed E-state index contributed by atoms with van der Waals surface area (Å²) in [5.41, 5.74) is 1.61. The van der Waals surface area contributed by atoms with Crippen molar-refractivity contribution in [1.82, 2.24) is 0 Å². The van der Waals surface area contributed by atoms with Crippen LogP contribution in [0, 0.1) is 5.82 Å². The highest BCUT2D eigenvalue weighted by atomic mass is 19.4. The molecule has 0 aromatic heterocycles. The maximum atomic E-state index is 12.8. The largest absolute Gasteiger partial charge is 0.420 e. The number of alkyl halides is 3. The van der Waals surface area contributed by atoms with Gasteiger partial charge in [-0.05, 0) is 25.1 Å². The van der Waals surface area contributed by atoms with Gasteiger partial charge in [-0.15, -0.1) is 0 Å². The molecule has 94 valence electrons. The maximum Gasteiger partial charge on any atom is 0.420 e. The van der Waals surface area contributed by atoms with Gasteiger partial charge in [0.05, 0.1) is 0 Å². The fourth-order valence-electron chi connectivity index (χ4n) is 1.13. The first-order chi connectivity index (χ1) is 7.67. The SMILES string of the molecule is CC(Nc1cccc(F)c1)(C(N)=O)C(F)(F)F. The van der Waals surface area contributed by atoms with Gasteiger partial charge in [0.25, 0.3) is 5.91 Å². The monoisotopic (exact) mass is 250 g/mol. The summed E-state index contributed by atoms with van der Waals surface area (Å²) in [6.45, 7) is 0.597. The average Bonchev–Trinajstić information content (AvgIpc) is 2.15. The molecule has 1 atom stereocenters. The summed E-state index contributed by atoms with van der Waals surface area (Å²) in [5.74, 6) is -2.31. The quantitative estimate of drug-likeness (QED) is 0.806. The van der Waals surface area contributed by atoms with Crippen LogP contribution in [-0.4, -0.2) is 17.6 Å². The molecule has 1 aromatic carbocycles. The van der Waals surface area contributed by atoms with Crippen LogP contribution in [0.4, 0.5) is 23.2 Å². The van der Waals surface area contributed by atoms with Gasteiger partial charge >= 0.3 is 6.18 Å². The molecule has 0 radical (unpaired) electrons. The molecule has 7 heteroatoms. The Labute approximate surface area is 94.6 Å². The van der Waals surface area contributed by atoms with Crippen LogP contribution in [0.3, 0.4) is 0 Å². The molecule has 0 aliphatic heterocycles. The summed E-state index contributed by atoms with van der Waals surface area (Å²) < 4.78 is 50.9. The Morgan fingerprint density at radius 2 is 1.94 bits per heavy atom. The maximum absolute atomic E-state index is 12.8. The third-order valence-electron chi connectivity index (χ3n) is 2.28. The molecule has 1 amide bonds. The number of anilines is 1. The second kappa shape index (κ2) is 4.23. The van der Waals surface area contributed by atoms with E-state index >= 15 is 0 Å². The van der Waals surface area contributed by atoms with Crippen molar-refractivity contribution >= 4 is 11.6 Å². The second-order valence-corrected chi connectivity index (χ2v) is 3.62. The number of nitrogens with two attached hydrogens (primary N) is 1.